The van der Waals surface area contributed by atoms with Crippen molar-refractivity contribution >= 4 is 11.5 Å². The molecule has 98 valence electrons. The minimum Gasteiger partial charge on any atom is -0.341 e. The molecule has 0 amide bonds. The van der Waals surface area contributed by atoms with Gasteiger partial charge in [0.2, 0.25) is 0 Å². The second-order valence-electron chi connectivity index (χ2n) is 5.75. The zero-order valence-corrected chi connectivity index (χ0v) is 10.9. The molecule has 0 atom stereocenters. The number of hydrogen-bond acceptors (Lipinski definition) is 3. The molecule has 1 saturated carbocycles. The van der Waals surface area contributed by atoms with Crippen molar-refractivity contribution in [1.29, 1.82) is 5.41 Å². The van der Waals surface area contributed by atoms with E-state index in [2.05, 4.69) is 22.7 Å². The Morgan fingerprint density at radius 1 is 1.50 bits per heavy atom. The molecule has 5 nitrogen and oxygen atoms in total. The predicted molar refractivity (Wildman–Crippen MR) is 72.1 cm³/mol. The number of amidine groups is 1. The number of nitrogens with one attached hydrogen (secondary N) is 3. The van der Waals surface area contributed by atoms with E-state index >= 15 is 0 Å². The number of nitrogens with zero attached hydrogens (tertiary/aromatic N) is 2. The van der Waals surface area contributed by atoms with Crippen LogP contribution >= 0.6 is 0 Å². The summed E-state index contributed by atoms with van der Waals surface area (Å²) >= 11 is 0. The van der Waals surface area contributed by atoms with Crippen LogP contribution in [-0.4, -0.2) is 28.7 Å². The fourth-order valence-corrected chi connectivity index (χ4v) is 2.47. The summed E-state index contributed by atoms with van der Waals surface area (Å²) in [4.78, 5) is 0. The maximum absolute atomic E-state index is 8.27. The fraction of sp³-hybridized carbons (Fsp3) is 0.692. The third-order valence-electron chi connectivity index (χ3n) is 4.10. The molecule has 0 radical (unpaired) electrons. The molecule has 1 aliphatic carbocycles. The molecule has 0 aromatic carbocycles. The van der Waals surface area contributed by atoms with E-state index in [-0.39, 0.29) is 5.41 Å². The first-order chi connectivity index (χ1) is 8.67. The minimum absolute atomic E-state index is 0.0209. The van der Waals surface area contributed by atoms with Gasteiger partial charge in [-0.05, 0) is 38.8 Å². The molecule has 3 rings (SSSR count). The van der Waals surface area contributed by atoms with E-state index < -0.39 is 0 Å². The summed E-state index contributed by atoms with van der Waals surface area (Å²) in [5.41, 5.74) is 0.930. The molecule has 0 bridgehead atoms. The molecule has 2 fully saturated rings. The maximum Gasteiger partial charge on any atom is 0.104 e. The van der Waals surface area contributed by atoms with Gasteiger partial charge in [-0.1, -0.05) is 6.92 Å². The standard InChI is InChI=1S/C13H21N5/c1-13(4-6-15-7-5-13)12(14)17-10-8-16-18(9-10)11-2-3-11/h8-9,11,15H,2-7H2,1H3,(H2,14,17). The Hall–Kier alpha value is -1.36. The van der Waals surface area contributed by atoms with Crippen molar-refractivity contribution in [2.24, 2.45) is 5.41 Å². The fourth-order valence-electron chi connectivity index (χ4n) is 2.47. The first-order valence-corrected chi connectivity index (χ1v) is 6.78. The quantitative estimate of drug-likeness (QED) is 0.565. The Morgan fingerprint density at radius 3 is 2.89 bits per heavy atom. The molecular weight excluding hydrogens is 226 g/mol. The lowest BCUT2D eigenvalue weighted by Crippen LogP contribution is -2.42. The molecular formula is C13H21N5. The van der Waals surface area contributed by atoms with Crippen LogP contribution in [0.2, 0.25) is 0 Å². The van der Waals surface area contributed by atoms with Crippen molar-refractivity contribution in [2.75, 3.05) is 18.4 Å². The molecule has 5 heteroatoms. The molecule has 1 aromatic rings. The van der Waals surface area contributed by atoms with Crippen LogP contribution in [0.1, 0.15) is 38.6 Å². The van der Waals surface area contributed by atoms with Gasteiger partial charge in [0.15, 0.2) is 0 Å². The Kier molecular flexibility index (Phi) is 2.86. The van der Waals surface area contributed by atoms with Crippen molar-refractivity contribution in [3.63, 3.8) is 0 Å². The van der Waals surface area contributed by atoms with Gasteiger partial charge in [0.05, 0.1) is 17.9 Å². The Labute approximate surface area is 107 Å². The first-order valence-electron chi connectivity index (χ1n) is 6.78. The van der Waals surface area contributed by atoms with Gasteiger partial charge in [-0.25, -0.2) is 0 Å². The van der Waals surface area contributed by atoms with Crippen LogP contribution in [0.15, 0.2) is 12.4 Å². The van der Waals surface area contributed by atoms with Crippen molar-refractivity contribution in [2.45, 2.75) is 38.6 Å². The third-order valence-corrected chi connectivity index (χ3v) is 4.10. The van der Waals surface area contributed by atoms with E-state index in [1.807, 2.05) is 17.1 Å². The van der Waals surface area contributed by atoms with Crippen molar-refractivity contribution in [3.05, 3.63) is 12.4 Å². The van der Waals surface area contributed by atoms with Crippen LogP contribution in [0.4, 0.5) is 5.69 Å². The molecule has 18 heavy (non-hydrogen) atoms. The van der Waals surface area contributed by atoms with Gasteiger partial charge < -0.3 is 10.6 Å². The SMILES string of the molecule is CC1(C(=N)Nc2cnn(C3CC3)c2)CCNCC1. The zero-order chi connectivity index (χ0) is 12.6. The van der Waals surface area contributed by atoms with Gasteiger partial charge in [0.25, 0.3) is 0 Å². The molecule has 0 spiro atoms. The molecule has 3 N–H and O–H groups in total. The summed E-state index contributed by atoms with van der Waals surface area (Å²) in [6, 6.07) is 0.601. The maximum atomic E-state index is 8.27. The van der Waals surface area contributed by atoms with Crippen LogP contribution in [0.3, 0.4) is 0 Å². The first kappa shape index (κ1) is 11.7. The van der Waals surface area contributed by atoms with Crippen molar-refractivity contribution in [1.82, 2.24) is 15.1 Å². The summed E-state index contributed by atoms with van der Waals surface area (Å²) < 4.78 is 2.01. The van der Waals surface area contributed by atoms with Crippen LogP contribution in [-0.2, 0) is 0 Å². The molecule has 1 saturated heterocycles. The smallest absolute Gasteiger partial charge is 0.104 e. The minimum atomic E-state index is -0.0209. The second kappa shape index (κ2) is 4.39. The van der Waals surface area contributed by atoms with Gasteiger partial charge in [0.1, 0.15) is 5.84 Å². The van der Waals surface area contributed by atoms with E-state index in [4.69, 9.17) is 5.41 Å². The van der Waals surface area contributed by atoms with Crippen LogP contribution in [0, 0.1) is 10.8 Å². The van der Waals surface area contributed by atoms with E-state index in [0.717, 1.165) is 31.6 Å². The number of rotatable bonds is 3. The summed E-state index contributed by atoms with van der Waals surface area (Å²) in [5.74, 6) is 0.624. The summed E-state index contributed by atoms with van der Waals surface area (Å²) in [6.07, 6.45) is 8.38. The lowest BCUT2D eigenvalue weighted by molar-refractivity contribution is 0.326. The second-order valence-corrected chi connectivity index (χ2v) is 5.75. The van der Waals surface area contributed by atoms with E-state index in [1.54, 1.807) is 0 Å². The average Bonchev–Trinajstić information content (AvgIpc) is 3.11. The van der Waals surface area contributed by atoms with Gasteiger partial charge in [0, 0.05) is 11.6 Å². The van der Waals surface area contributed by atoms with Crippen LogP contribution < -0.4 is 10.6 Å². The number of anilines is 1. The van der Waals surface area contributed by atoms with Crippen molar-refractivity contribution in [3.8, 4) is 0 Å². The number of aromatic nitrogens is 2. The molecule has 1 aliphatic heterocycles. The number of hydrogen-bond donors (Lipinski definition) is 3. The van der Waals surface area contributed by atoms with Gasteiger partial charge in [-0.2, -0.15) is 5.10 Å². The van der Waals surface area contributed by atoms with Crippen LogP contribution in [0.5, 0.6) is 0 Å². The molecule has 1 aromatic heterocycles. The molecule has 2 aliphatic rings. The molecule has 0 unspecified atom stereocenters. The van der Waals surface area contributed by atoms with Gasteiger partial charge in [-0.3, -0.25) is 10.1 Å². The highest BCUT2D eigenvalue weighted by Gasteiger charge is 2.32. The highest BCUT2D eigenvalue weighted by atomic mass is 15.3. The monoisotopic (exact) mass is 247 g/mol. The number of piperidine rings is 1. The van der Waals surface area contributed by atoms with Crippen molar-refractivity contribution < 1.29 is 0 Å². The summed E-state index contributed by atoms with van der Waals surface area (Å²) in [5, 5.41) is 19.2. The Bertz CT molecular complexity index is 440. The normalized spacial score (nSPS) is 22.7. The van der Waals surface area contributed by atoms with Gasteiger partial charge in [-0.15, -0.1) is 0 Å². The zero-order valence-electron chi connectivity index (χ0n) is 10.9. The third kappa shape index (κ3) is 2.27. The lowest BCUT2D eigenvalue weighted by atomic mass is 9.79. The summed E-state index contributed by atoms with van der Waals surface area (Å²) in [7, 11) is 0. The van der Waals surface area contributed by atoms with Gasteiger partial charge >= 0.3 is 0 Å². The predicted octanol–water partition coefficient (Wildman–Crippen LogP) is 2.00. The topological polar surface area (TPSA) is 65.7 Å². The van der Waals surface area contributed by atoms with E-state index in [9.17, 15) is 0 Å². The summed E-state index contributed by atoms with van der Waals surface area (Å²) in [6.45, 7) is 4.18. The largest absolute Gasteiger partial charge is 0.341 e. The van der Waals surface area contributed by atoms with E-state index in [1.165, 1.54) is 12.8 Å². The molecule has 2 heterocycles. The highest BCUT2D eigenvalue weighted by Crippen LogP contribution is 2.35. The van der Waals surface area contributed by atoms with Crippen LogP contribution in [0.25, 0.3) is 0 Å². The Balaban J connectivity index is 1.65. The van der Waals surface area contributed by atoms with E-state index in [0.29, 0.717) is 11.9 Å². The highest BCUT2D eigenvalue weighted by molar-refractivity contribution is 5.97. The average molecular weight is 247 g/mol. The Morgan fingerprint density at radius 2 is 2.22 bits per heavy atom. The lowest BCUT2D eigenvalue weighted by Gasteiger charge is -2.34.